The number of carbonyl (C=O) groups excluding carboxylic acids is 2. The third-order valence-corrected chi connectivity index (χ3v) is 5.22. The van der Waals surface area contributed by atoms with E-state index in [9.17, 15) is 14.4 Å². The fourth-order valence-electron chi connectivity index (χ4n) is 3.54. The van der Waals surface area contributed by atoms with Crippen LogP contribution in [0.1, 0.15) is 30.2 Å². The molecule has 6 nitrogen and oxygen atoms in total. The van der Waals surface area contributed by atoms with Crippen LogP contribution < -0.4 is 15.2 Å². The zero-order chi connectivity index (χ0) is 20.0. The van der Waals surface area contributed by atoms with E-state index in [1.54, 1.807) is 57.4 Å². The molecule has 0 bridgehead atoms. The monoisotopic (exact) mass is 376 g/mol. The van der Waals surface area contributed by atoms with Gasteiger partial charge in [-0.3, -0.25) is 14.4 Å². The van der Waals surface area contributed by atoms with Crippen molar-refractivity contribution in [2.45, 2.75) is 26.0 Å². The van der Waals surface area contributed by atoms with Gasteiger partial charge < -0.3 is 14.2 Å². The maximum absolute atomic E-state index is 13.1. The molecule has 1 aliphatic heterocycles. The molecule has 6 heteroatoms. The lowest BCUT2D eigenvalue weighted by atomic mass is 10.0. The maximum atomic E-state index is 13.1. The average molecular weight is 376 g/mol. The fraction of sp³-hybridized carbons (Fsp3) is 0.227. The number of hydrogen-bond donors (Lipinski definition) is 0. The van der Waals surface area contributed by atoms with Crippen molar-refractivity contribution in [3.05, 3.63) is 70.6 Å². The van der Waals surface area contributed by atoms with Crippen molar-refractivity contribution in [2.24, 2.45) is 0 Å². The number of Topliss-reactive ketones (excluding diaryl/α,β-unsaturated/α-hetero) is 1. The first-order chi connectivity index (χ1) is 13.4. The summed E-state index contributed by atoms with van der Waals surface area (Å²) < 4.78 is 7.05. The molecular formula is C22H20N2O4. The number of ketones is 1. The van der Waals surface area contributed by atoms with Crippen LogP contribution in [0.3, 0.4) is 0 Å². The van der Waals surface area contributed by atoms with Crippen LogP contribution in [0.4, 0.5) is 5.69 Å². The highest BCUT2D eigenvalue weighted by molar-refractivity contribution is 6.03. The Morgan fingerprint density at radius 1 is 1.11 bits per heavy atom. The van der Waals surface area contributed by atoms with Gasteiger partial charge in [0.25, 0.3) is 11.5 Å². The lowest BCUT2D eigenvalue weighted by molar-refractivity contribution is -0.125. The number of pyridine rings is 1. The number of aromatic nitrogens is 1. The van der Waals surface area contributed by atoms with Gasteiger partial charge in [-0.1, -0.05) is 18.2 Å². The number of likely N-dealkylation sites (N-methyl/N-ethyl adjacent to an activating group) is 1. The van der Waals surface area contributed by atoms with Gasteiger partial charge in [0.1, 0.15) is 5.75 Å². The van der Waals surface area contributed by atoms with Crippen LogP contribution in [0, 0.1) is 0 Å². The molecule has 2 aromatic carbocycles. The molecule has 2 unspecified atom stereocenters. The first-order valence-corrected chi connectivity index (χ1v) is 9.11. The lowest BCUT2D eigenvalue weighted by Gasteiger charge is -2.30. The SMILES string of the molecule is CC1Oc2ccc(C(=O)C(C)n3ccc4ccccc4c3=O)cc2N(C)C1=O. The van der Waals surface area contributed by atoms with Crippen molar-refractivity contribution in [2.75, 3.05) is 11.9 Å². The summed E-state index contributed by atoms with van der Waals surface area (Å²) in [6, 6.07) is 13.4. The predicted molar refractivity (Wildman–Crippen MR) is 107 cm³/mol. The van der Waals surface area contributed by atoms with Crippen LogP contribution in [0.2, 0.25) is 0 Å². The number of anilines is 1. The van der Waals surface area contributed by atoms with Crippen molar-refractivity contribution < 1.29 is 14.3 Å². The standard InChI is InChI=1S/C22H20N2O4/c1-13(24-11-10-15-6-4-5-7-17(15)22(24)27)20(25)16-8-9-19-18(12-16)23(3)21(26)14(2)28-19/h4-14H,1-3H3. The van der Waals surface area contributed by atoms with Crippen molar-refractivity contribution in [3.8, 4) is 5.75 Å². The number of fused-ring (bicyclic) bond motifs is 2. The Hall–Kier alpha value is -3.41. The molecule has 1 amide bonds. The molecule has 0 fully saturated rings. The van der Waals surface area contributed by atoms with E-state index in [0.717, 1.165) is 5.39 Å². The van der Waals surface area contributed by atoms with E-state index in [2.05, 4.69) is 0 Å². The van der Waals surface area contributed by atoms with Crippen molar-refractivity contribution in [1.82, 2.24) is 4.57 Å². The van der Waals surface area contributed by atoms with Gasteiger partial charge in [-0.25, -0.2) is 0 Å². The van der Waals surface area contributed by atoms with Crippen LogP contribution in [-0.4, -0.2) is 29.4 Å². The Balaban J connectivity index is 1.72. The van der Waals surface area contributed by atoms with Crippen LogP contribution in [0.15, 0.2) is 59.5 Å². The molecular weight excluding hydrogens is 356 g/mol. The van der Waals surface area contributed by atoms with Gasteiger partial charge in [-0.05, 0) is 49.6 Å². The molecule has 0 spiro atoms. The second-order valence-electron chi connectivity index (χ2n) is 7.00. The molecule has 3 aromatic rings. The maximum Gasteiger partial charge on any atom is 0.267 e. The molecule has 142 valence electrons. The van der Waals surface area contributed by atoms with Crippen LogP contribution >= 0.6 is 0 Å². The molecule has 0 saturated carbocycles. The molecule has 0 aliphatic carbocycles. The number of carbonyl (C=O) groups is 2. The van der Waals surface area contributed by atoms with Crippen molar-refractivity contribution >= 4 is 28.2 Å². The summed E-state index contributed by atoms with van der Waals surface area (Å²) in [6.45, 7) is 3.39. The normalized spacial score (nSPS) is 17.2. The number of benzene rings is 2. The molecule has 1 aromatic heterocycles. The van der Waals surface area contributed by atoms with Crippen LogP contribution in [0.5, 0.6) is 5.75 Å². The minimum atomic E-state index is -0.681. The van der Waals surface area contributed by atoms with E-state index in [4.69, 9.17) is 4.74 Å². The Kier molecular flexibility index (Phi) is 4.26. The average Bonchev–Trinajstić information content (AvgIpc) is 2.71. The topological polar surface area (TPSA) is 68.6 Å². The van der Waals surface area contributed by atoms with Gasteiger partial charge in [0, 0.05) is 24.2 Å². The van der Waals surface area contributed by atoms with E-state index in [-0.39, 0.29) is 17.2 Å². The second-order valence-corrected chi connectivity index (χ2v) is 7.00. The summed E-state index contributed by atoms with van der Waals surface area (Å²) in [7, 11) is 1.66. The molecule has 0 N–H and O–H groups in total. The minimum Gasteiger partial charge on any atom is -0.479 e. The first kappa shape index (κ1) is 18.0. The summed E-state index contributed by atoms with van der Waals surface area (Å²) in [5, 5.41) is 1.41. The summed E-state index contributed by atoms with van der Waals surface area (Å²) in [5.74, 6) is 0.178. The van der Waals surface area contributed by atoms with Crippen LogP contribution in [-0.2, 0) is 4.79 Å². The van der Waals surface area contributed by atoms with E-state index >= 15 is 0 Å². The Morgan fingerprint density at radius 2 is 1.86 bits per heavy atom. The second kappa shape index (κ2) is 6.64. The molecule has 2 heterocycles. The molecule has 2 atom stereocenters. The molecule has 0 radical (unpaired) electrons. The van der Waals surface area contributed by atoms with Crippen LogP contribution in [0.25, 0.3) is 10.8 Å². The largest absolute Gasteiger partial charge is 0.479 e. The number of ether oxygens (including phenoxy) is 1. The van der Waals surface area contributed by atoms with Gasteiger partial charge in [-0.2, -0.15) is 0 Å². The Morgan fingerprint density at radius 3 is 2.64 bits per heavy atom. The highest BCUT2D eigenvalue weighted by Crippen LogP contribution is 2.34. The van der Waals surface area contributed by atoms with Crippen molar-refractivity contribution in [3.63, 3.8) is 0 Å². The number of hydrogen-bond acceptors (Lipinski definition) is 4. The van der Waals surface area contributed by atoms with Gasteiger partial charge >= 0.3 is 0 Å². The van der Waals surface area contributed by atoms with E-state index in [1.807, 2.05) is 18.2 Å². The van der Waals surface area contributed by atoms with E-state index < -0.39 is 12.1 Å². The highest BCUT2D eigenvalue weighted by Gasteiger charge is 2.30. The lowest BCUT2D eigenvalue weighted by Crippen LogP contribution is -2.42. The zero-order valence-corrected chi connectivity index (χ0v) is 15.9. The van der Waals surface area contributed by atoms with Gasteiger partial charge in [0.2, 0.25) is 0 Å². The molecule has 28 heavy (non-hydrogen) atoms. The Labute approximate surface area is 162 Å². The van der Waals surface area contributed by atoms with Gasteiger partial charge in [0.15, 0.2) is 11.9 Å². The summed E-state index contributed by atoms with van der Waals surface area (Å²) in [5.41, 5.74) is 0.762. The Bertz CT molecular complexity index is 1160. The summed E-state index contributed by atoms with van der Waals surface area (Å²) in [4.78, 5) is 39.5. The van der Waals surface area contributed by atoms with Gasteiger partial charge in [0.05, 0.1) is 11.7 Å². The number of rotatable bonds is 3. The zero-order valence-electron chi connectivity index (χ0n) is 15.9. The summed E-state index contributed by atoms with van der Waals surface area (Å²) in [6.07, 6.45) is 1.08. The third-order valence-electron chi connectivity index (χ3n) is 5.22. The minimum absolute atomic E-state index is 0.170. The highest BCUT2D eigenvalue weighted by atomic mass is 16.5. The predicted octanol–water partition coefficient (Wildman–Crippen LogP) is 3.19. The summed E-state index contributed by atoms with van der Waals surface area (Å²) >= 11 is 0. The van der Waals surface area contributed by atoms with E-state index in [1.165, 1.54) is 9.47 Å². The molecule has 1 aliphatic rings. The quantitative estimate of drug-likeness (QED) is 0.659. The van der Waals surface area contributed by atoms with E-state index in [0.29, 0.717) is 22.4 Å². The molecule has 4 rings (SSSR count). The molecule has 0 saturated heterocycles. The fourth-order valence-corrected chi connectivity index (χ4v) is 3.54. The number of amides is 1. The smallest absolute Gasteiger partial charge is 0.267 e. The first-order valence-electron chi connectivity index (χ1n) is 9.11. The third kappa shape index (κ3) is 2.78. The van der Waals surface area contributed by atoms with Gasteiger partial charge in [-0.15, -0.1) is 0 Å². The van der Waals surface area contributed by atoms with Crippen molar-refractivity contribution in [1.29, 1.82) is 0 Å². The number of nitrogens with zero attached hydrogens (tertiary/aromatic N) is 2.